The first-order valence-corrected chi connectivity index (χ1v) is 6.87. The highest BCUT2D eigenvalue weighted by atomic mass is 14.5. The summed E-state index contributed by atoms with van der Waals surface area (Å²) in [6.07, 6.45) is 2.31. The zero-order valence-electron chi connectivity index (χ0n) is 11.7. The van der Waals surface area contributed by atoms with Crippen molar-refractivity contribution in [2.45, 2.75) is 46.5 Å². The fourth-order valence-corrected chi connectivity index (χ4v) is 2.11. The average Bonchev–Trinajstić information content (AvgIpc) is 2.35. The van der Waals surface area contributed by atoms with Gasteiger partial charge in [-0.05, 0) is 48.3 Å². The molecule has 1 rings (SSSR count). The van der Waals surface area contributed by atoms with Crippen molar-refractivity contribution in [3.8, 4) is 0 Å². The van der Waals surface area contributed by atoms with Gasteiger partial charge in [-0.2, -0.15) is 0 Å². The van der Waals surface area contributed by atoms with Crippen LogP contribution in [0.25, 0.3) is 0 Å². The topological polar surface area (TPSA) is 26.0 Å². The lowest BCUT2D eigenvalue weighted by Crippen LogP contribution is -2.22. The molecule has 96 valence electrons. The summed E-state index contributed by atoms with van der Waals surface area (Å²) >= 11 is 0. The summed E-state index contributed by atoms with van der Waals surface area (Å²) in [6.45, 7) is 9.81. The lowest BCUT2D eigenvalue weighted by atomic mass is 9.88. The van der Waals surface area contributed by atoms with Gasteiger partial charge in [0.25, 0.3) is 0 Å². The van der Waals surface area contributed by atoms with Gasteiger partial charge in [-0.1, -0.05) is 52.0 Å². The van der Waals surface area contributed by atoms with E-state index in [0.717, 1.165) is 13.0 Å². The van der Waals surface area contributed by atoms with Crippen molar-refractivity contribution in [3.63, 3.8) is 0 Å². The van der Waals surface area contributed by atoms with Crippen LogP contribution in [0.5, 0.6) is 0 Å². The lowest BCUT2D eigenvalue weighted by Gasteiger charge is -2.19. The average molecular weight is 233 g/mol. The van der Waals surface area contributed by atoms with Gasteiger partial charge in [0.1, 0.15) is 0 Å². The largest absolute Gasteiger partial charge is 0.330 e. The standard InChI is InChI=1S/C16H27N/c1-5-13(4)15-8-6-14(7-9-15)10-16(11-17)12(2)3/h6-9,12-13,16H,5,10-11,17H2,1-4H3. The molecule has 0 aliphatic rings. The summed E-state index contributed by atoms with van der Waals surface area (Å²) in [5.74, 6) is 1.93. The van der Waals surface area contributed by atoms with Gasteiger partial charge in [0.05, 0.1) is 0 Å². The first kappa shape index (κ1) is 14.2. The summed E-state index contributed by atoms with van der Waals surface area (Å²) in [4.78, 5) is 0. The van der Waals surface area contributed by atoms with Crippen molar-refractivity contribution in [2.75, 3.05) is 6.54 Å². The van der Waals surface area contributed by atoms with E-state index in [1.54, 1.807) is 0 Å². The van der Waals surface area contributed by atoms with E-state index in [4.69, 9.17) is 5.73 Å². The van der Waals surface area contributed by atoms with E-state index in [0.29, 0.717) is 17.8 Å². The van der Waals surface area contributed by atoms with Gasteiger partial charge < -0.3 is 5.73 Å². The predicted molar refractivity (Wildman–Crippen MR) is 76.2 cm³/mol. The van der Waals surface area contributed by atoms with Crippen molar-refractivity contribution >= 4 is 0 Å². The van der Waals surface area contributed by atoms with E-state index in [9.17, 15) is 0 Å². The quantitative estimate of drug-likeness (QED) is 0.790. The number of nitrogens with two attached hydrogens (primary N) is 1. The van der Waals surface area contributed by atoms with Crippen molar-refractivity contribution < 1.29 is 0 Å². The first-order chi connectivity index (χ1) is 8.08. The summed E-state index contributed by atoms with van der Waals surface area (Å²) < 4.78 is 0. The van der Waals surface area contributed by atoms with Gasteiger partial charge in [-0.15, -0.1) is 0 Å². The van der Waals surface area contributed by atoms with E-state index < -0.39 is 0 Å². The fourth-order valence-electron chi connectivity index (χ4n) is 2.11. The third-order valence-electron chi connectivity index (χ3n) is 3.90. The van der Waals surface area contributed by atoms with E-state index in [1.807, 2.05) is 0 Å². The molecule has 0 aliphatic heterocycles. The van der Waals surface area contributed by atoms with Gasteiger partial charge >= 0.3 is 0 Å². The third-order valence-corrected chi connectivity index (χ3v) is 3.90. The Bertz CT molecular complexity index is 313. The van der Waals surface area contributed by atoms with Crippen LogP contribution in [-0.4, -0.2) is 6.54 Å². The molecule has 0 saturated heterocycles. The minimum Gasteiger partial charge on any atom is -0.330 e. The smallest absolute Gasteiger partial charge is 0.00432 e. The SMILES string of the molecule is CCC(C)c1ccc(CC(CN)C(C)C)cc1. The maximum atomic E-state index is 5.82. The van der Waals surface area contributed by atoms with Crippen molar-refractivity contribution in [1.82, 2.24) is 0 Å². The molecule has 0 saturated carbocycles. The number of hydrogen-bond donors (Lipinski definition) is 1. The molecular weight excluding hydrogens is 206 g/mol. The Morgan fingerprint density at radius 2 is 1.65 bits per heavy atom. The highest BCUT2D eigenvalue weighted by Crippen LogP contribution is 2.21. The second-order valence-corrected chi connectivity index (χ2v) is 5.49. The molecule has 1 heteroatoms. The predicted octanol–water partition coefficient (Wildman–Crippen LogP) is 3.97. The molecule has 17 heavy (non-hydrogen) atoms. The van der Waals surface area contributed by atoms with Gasteiger partial charge in [0, 0.05) is 0 Å². The van der Waals surface area contributed by atoms with Crippen LogP contribution in [-0.2, 0) is 6.42 Å². The molecule has 0 fully saturated rings. The zero-order valence-corrected chi connectivity index (χ0v) is 11.7. The minimum atomic E-state index is 0.601. The number of benzene rings is 1. The van der Waals surface area contributed by atoms with Crippen molar-refractivity contribution in [3.05, 3.63) is 35.4 Å². The molecule has 2 N–H and O–H groups in total. The fraction of sp³-hybridized carbons (Fsp3) is 0.625. The molecule has 0 aliphatic carbocycles. The van der Waals surface area contributed by atoms with Crippen molar-refractivity contribution in [1.29, 1.82) is 0 Å². The van der Waals surface area contributed by atoms with Crippen LogP contribution >= 0.6 is 0 Å². The first-order valence-electron chi connectivity index (χ1n) is 6.87. The Labute approximate surface area is 106 Å². The Hall–Kier alpha value is -0.820. The Morgan fingerprint density at radius 1 is 1.06 bits per heavy atom. The van der Waals surface area contributed by atoms with Crippen LogP contribution in [0, 0.1) is 11.8 Å². The summed E-state index contributed by atoms with van der Waals surface area (Å²) in [7, 11) is 0. The molecule has 0 aromatic heterocycles. The van der Waals surface area contributed by atoms with Gasteiger partial charge in [-0.25, -0.2) is 0 Å². The van der Waals surface area contributed by atoms with Crippen LogP contribution in [0.2, 0.25) is 0 Å². The Morgan fingerprint density at radius 3 is 2.06 bits per heavy atom. The van der Waals surface area contributed by atoms with Crippen LogP contribution in [0.15, 0.2) is 24.3 Å². The molecule has 0 bridgehead atoms. The highest BCUT2D eigenvalue weighted by molar-refractivity contribution is 5.25. The second kappa shape index (κ2) is 6.80. The molecule has 0 radical (unpaired) electrons. The lowest BCUT2D eigenvalue weighted by molar-refractivity contribution is 0.392. The Kier molecular flexibility index (Phi) is 5.70. The molecule has 0 amide bonds. The third kappa shape index (κ3) is 4.16. The highest BCUT2D eigenvalue weighted by Gasteiger charge is 2.12. The number of rotatable bonds is 6. The molecule has 1 aromatic rings. The normalized spacial score (nSPS) is 14.9. The van der Waals surface area contributed by atoms with Crippen LogP contribution in [0.4, 0.5) is 0 Å². The van der Waals surface area contributed by atoms with Crippen LogP contribution in [0.3, 0.4) is 0 Å². The molecule has 1 aromatic carbocycles. The minimum absolute atomic E-state index is 0.601. The van der Waals surface area contributed by atoms with Crippen molar-refractivity contribution in [2.24, 2.45) is 17.6 Å². The summed E-state index contributed by atoms with van der Waals surface area (Å²) in [5, 5.41) is 0. The summed E-state index contributed by atoms with van der Waals surface area (Å²) in [5.41, 5.74) is 8.69. The molecule has 0 spiro atoms. The van der Waals surface area contributed by atoms with E-state index in [1.165, 1.54) is 17.5 Å². The van der Waals surface area contributed by atoms with Crippen LogP contribution in [0.1, 0.15) is 51.2 Å². The summed E-state index contributed by atoms with van der Waals surface area (Å²) in [6, 6.07) is 9.09. The molecule has 2 unspecified atom stereocenters. The number of hydrogen-bond acceptors (Lipinski definition) is 1. The zero-order chi connectivity index (χ0) is 12.8. The maximum absolute atomic E-state index is 5.82. The Balaban J connectivity index is 2.67. The molecule has 1 nitrogen and oxygen atoms in total. The van der Waals surface area contributed by atoms with Gasteiger partial charge in [0.15, 0.2) is 0 Å². The van der Waals surface area contributed by atoms with Gasteiger partial charge in [-0.3, -0.25) is 0 Å². The van der Waals surface area contributed by atoms with E-state index >= 15 is 0 Å². The maximum Gasteiger partial charge on any atom is -0.00432 e. The molecular formula is C16H27N. The second-order valence-electron chi connectivity index (χ2n) is 5.49. The van der Waals surface area contributed by atoms with Gasteiger partial charge in [0.2, 0.25) is 0 Å². The monoisotopic (exact) mass is 233 g/mol. The van der Waals surface area contributed by atoms with E-state index in [2.05, 4.69) is 52.0 Å². The molecule has 0 heterocycles. The van der Waals surface area contributed by atoms with Crippen LogP contribution < -0.4 is 5.73 Å². The molecule has 2 atom stereocenters. The van der Waals surface area contributed by atoms with E-state index in [-0.39, 0.29) is 0 Å².